The van der Waals surface area contributed by atoms with Gasteiger partial charge in [0.1, 0.15) is 25.1 Å². The summed E-state index contributed by atoms with van der Waals surface area (Å²) >= 11 is 0. The number of carbonyl (C=O) groups is 2. The molecule has 0 spiro atoms. The SMILES string of the molecule is CCCC1O[C@@H]2C[C@H]3[C@@H]4CCC5=Cc6c(cnn6-c6ccc(OCCCCCCP(=O)(O)OP(=O)(O)OCCCC(=O)COC7C#CCCCCC7)cc6)C[C@]5(C)[C@H]4[C@@H](O)C[C@]3(C)[C@]2(C(=O)CO)O1. The van der Waals surface area contributed by atoms with Gasteiger partial charge >= 0.3 is 15.4 Å². The molecule has 69 heavy (non-hydrogen) atoms. The Bertz CT molecular complexity index is 2340. The van der Waals surface area contributed by atoms with Gasteiger partial charge in [0.05, 0.1) is 49.2 Å². The molecule has 0 radical (unpaired) electrons. The number of aliphatic hydroxyl groups excluding tert-OH is 2. The van der Waals surface area contributed by atoms with Crippen LogP contribution >= 0.6 is 15.4 Å². The van der Waals surface area contributed by atoms with E-state index >= 15 is 0 Å². The molecule has 4 fully saturated rings. The van der Waals surface area contributed by atoms with Gasteiger partial charge in [0.15, 0.2) is 23.5 Å². The number of unbranched alkanes of at least 4 members (excludes halogenated alkanes) is 3. The number of carbonyl (C=O) groups excluding carboxylic acids is 2. The predicted octanol–water partition coefficient (Wildman–Crippen LogP) is 8.44. The molecule has 1 aromatic carbocycles. The van der Waals surface area contributed by atoms with Crippen LogP contribution in [0.15, 0.2) is 36.0 Å². The molecule has 6 aliphatic rings. The normalized spacial score (nSPS) is 33.1. The third kappa shape index (κ3) is 11.2. The lowest BCUT2D eigenvalue weighted by molar-refractivity contribution is -0.202. The Balaban J connectivity index is 0.763. The zero-order valence-electron chi connectivity index (χ0n) is 40.4. The van der Waals surface area contributed by atoms with Crippen LogP contribution in [0.1, 0.15) is 141 Å². The maximum absolute atomic E-state index is 13.7. The first-order chi connectivity index (χ1) is 33.0. The highest BCUT2D eigenvalue weighted by molar-refractivity contribution is 7.64. The summed E-state index contributed by atoms with van der Waals surface area (Å²) in [5.74, 6) is 6.53. The van der Waals surface area contributed by atoms with Crippen molar-refractivity contribution in [3.63, 3.8) is 0 Å². The Hall–Kier alpha value is -3.03. The van der Waals surface area contributed by atoms with Crippen molar-refractivity contribution in [2.75, 3.05) is 32.6 Å². The van der Waals surface area contributed by atoms with Crippen LogP contribution < -0.4 is 4.74 Å². The Morgan fingerprint density at radius 3 is 2.59 bits per heavy atom. The number of phosphoric acid groups is 1. The molecule has 2 aromatic rings. The lowest BCUT2D eigenvalue weighted by atomic mass is 9.45. The number of Topliss-reactive ketones (excluding diaryl/α,β-unsaturated/α-hetero) is 2. The van der Waals surface area contributed by atoms with Crippen molar-refractivity contribution in [3.8, 4) is 23.3 Å². The Labute approximate surface area is 406 Å². The van der Waals surface area contributed by atoms with Crippen molar-refractivity contribution in [2.24, 2.45) is 28.6 Å². The topological polar surface area (TPSA) is 222 Å². The van der Waals surface area contributed by atoms with Gasteiger partial charge in [-0.15, -0.1) is 5.92 Å². The minimum absolute atomic E-state index is 0.0172. The van der Waals surface area contributed by atoms with Crippen LogP contribution in [0, 0.1) is 40.4 Å². The first-order valence-corrected chi connectivity index (χ1v) is 28.6. The van der Waals surface area contributed by atoms with E-state index in [4.69, 9.17) is 28.6 Å². The summed E-state index contributed by atoms with van der Waals surface area (Å²) in [4.78, 5) is 46.2. The number of ether oxygens (including phenoxy) is 4. The van der Waals surface area contributed by atoms with Gasteiger partial charge in [-0.2, -0.15) is 5.10 Å². The monoisotopic (exact) mass is 998 g/mol. The Morgan fingerprint density at radius 1 is 1.01 bits per heavy atom. The minimum Gasteiger partial charge on any atom is -0.494 e. The lowest BCUT2D eigenvalue weighted by Crippen LogP contribution is -2.64. The van der Waals surface area contributed by atoms with E-state index in [1.165, 1.54) is 5.57 Å². The Morgan fingerprint density at radius 2 is 1.81 bits per heavy atom. The smallest absolute Gasteiger partial charge is 0.479 e. The summed E-state index contributed by atoms with van der Waals surface area (Å²) in [5.41, 5.74) is 2.13. The number of rotatable bonds is 23. The van der Waals surface area contributed by atoms with Crippen LogP contribution in [0.5, 0.6) is 5.75 Å². The molecule has 0 amide bonds. The molecule has 1 aromatic heterocycles. The minimum atomic E-state index is -4.81. The average Bonchev–Trinajstić information content (AvgIpc) is 3.94. The molecule has 8 rings (SSSR count). The van der Waals surface area contributed by atoms with Gasteiger partial charge in [-0.1, -0.05) is 57.9 Å². The number of phosphoric ester groups is 1. The fraction of sp³-hybridized carbons (Fsp3) is 0.706. The lowest BCUT2D eigenvalue weighted by Gasteiger charge is -2.60. The number of aliphatic hydroxyl groups is 2. The second-order valence-corrected chi connectivity index (χ2v) is 24.2. The molecule has 12 atom stereocenters. The van der Waals surface area contributed by atoms with E-state index < -0.39 is 51.5 Å². The highest BCUT2D eigenvalue weighted by Crippen LogP contribution is 2.70. The fourth-order valence-corrected chi connectivity index (χ4v) is 15.7. The van der Waals surface area contributed by atoms with E-state index in [2.05, 4.69) is 43.0 Å². The van der Waals surface area contributed by atoms with Crippen molar-refractivity contribution in [1.82, 2.24) is 9.78 Å². The number of aromatic nitrogens is 2. The molecular formula is C51H72N2O14P2. The van der Waals surface area contributed by atoms with Crippen molar-refractivity contribution in [3.05, 3.63) is 47.3 Å². The summed E-state index contributed by atoms with van der Waals surface area (Å²) in [5, 5.41) is 27.2. The number of ketones is 2. The van der Waals surface area contributed by atoms with E-state index in [1.807, 2.05) is 35.1 Å². The van der Waals surface area contributed by atoms with Crippen molar-refractivity contribution in [2.45, 2.75) is 167 Å². The molecule has 1 saturated heterocycles. The van der Waals surface area contributed by atoms with Gasteiger partial charge in [0.25, 0.3) is 0 Å². The predicted molar refractivity (Wildman–Crippen MR) is 256 cm³/mol. The quantitative estimate of drug-likeness (QED) is 0.0466. The third-order valence-corrected chi connectivity index (χ3v) is 19.3. The van der Waals surface area contributed by atoms with Gasteiger partial charge in [0.2, 0.25) is 0 Å². The summed E-state index contributed by atoms with van der Waals surface area (Å²) in [6.45, 7) is 5.87. The number of fused-ring (bicyclic) bond motifs is 8. The highest BCUT2D eigenvalue weighted by Gasteiger charge is 2.75. The first-order valence-electron chi connectivity index (χ1n) is 25.3. The van der Waals surface area contributed by atoms with Crippen molar-refractivity contribution >= 4 is 33.1 Å². The standard InChI is InChI=1S/C51H72N2O14P2/c1-4-15-47-65-46-29-42-41-24-19-36-28-43-35(30-49(36,2)48(41)44(56)31-50(42,3)51(46,66-47)45(57)33-54)32-52-53(43)37-20-22-40(23-21-37)62-25-12-8-9-13-27-68(58,59)67-69(60,61)64-26-14-16-38(55)34-63-39-17-10-6-5-7-11-18-39/h20-23,28,32,39,41-42,44,46-48,54,56H,4-10,12-17,19,24-27,29-31,33-34H2,1-3H3,(H,58,59)(H,60,61)/t39?,41-,42-,44-,46+,47?,48+,49-,50-,51+/m0/s1. The van der Waals surface area contributed by atoms with Crippen LogP contribution in [-0.4, -0.2) is 104 Å². The highest BCUT2D eigenvalue weighted by atomic mass is 31.3. The number of nitrogens with zero attached hydrogens (tertiary/aromatic N) is 2. The second-order valence-electron chi connectivity index (χ2n) is 20.6. The molecule has 4 N–H and O–H groups in total. The zero-order chi connectivity index (χ0) is 49.0. The van der Waals surface area contributed by atoms with Gasteiger partial charge in [0, 0.05) is 18.3 Å². The first kappa shape index (κ1) is 52.3. The molecule has 2 heterocycles. The largest absolute Gasteiger partial charge is 0.494 e. The molecule has 4 unspecified atom stereocenters. The maximum atomic E-state index is 13.7. The van der Waals surface area contributed by atoms with Gasteiger partial charge in [-0.05, 0) is 136 Å². The van der Waals surface area contributed by atoms with Gasteiger partial charge in [-0.3, -0.25) is 18.7 Å². The van der Waals surface area contributed by atoms with Crippen LogP contribution in [-0.2, 0) is 48.2 Å². The van der Waals surface area contributed by atoms with E-state index in [0.717, 1.165) is 74.7 Å². The summed E-state index contributed by atoms with van der Waals surface area (Å²) in [7, 11) is -9.21. The van der Waals surface area contributed by atoms with Crippen molar-refractivity contribution in [1.29, 1.82) is 0 Å². The maximum Gasteiger partial charge on any atom is 0.479 e. The number of hydrogen-bond donors (Lipinski definition) is 4. The molecule has 380 valence electrons. The molecular weight excluding hydrogens is 927 g/mol. The summed E-state index contributed by atoms with van der Waals surface area (Å²) in [6.07, 6.45) is 14.4. The molecule has 5 aliphatic carbocycles. The van der Waals surface area contributed by atoms with E-state index in [-0.39, 0.29) is 73.1 Å². The molecule has 16 nitrogen and oxygen atoms in total. The van der Waals surface area contributed by atoms with E-state index in [1.54, 1.807) is 0 Å². The third-order valence-electron chi connectivity index (χ3n) is 16.0. The number of allylic oxidation sites excluding steroid dienone is 1. The van der Waals surface area contributed by atoms with Crippen LogP contribution in [0.3, 0.4) is 0 Å². The van der Waals surface area contributed by atoms with Crippen LogP contribution in [0.4, 0.5) is 0 Å². The van der Waals surface area contributed by atoms with Crippen LogP contribution in [0.25, 0.3) is 11.8 Å². The summed E-state index contributed by atoms with van der Waals surface area (Å²) in [6, 6.07) is 7.76. The summed E-state index contributed by atoms with van der Waals surface area (Å²) < 4.78 is 61.0. The van der Waals surface area contributed by atoms with E-state index in [9.17, 15) is 38.7 Å². The molecule has 1 aliphatic heterocycles. The zero-order valence-corrected chi connectivity index (χ0v) is 42.2. The van der Waals surface area contributed by atoms with Crippen molar-refractivity contribution < 1.29 is 66.5 Å². The molecule has 18 heteroatoms. The fourth-order valence-electron chi connectivity index (χ4n) is 12.9. The van der Waals surface area contributed by atoms with Gasteiger partial charge < -0.3 is 38.9 Å². The van der Waals surface area contributed by atoms with Gasteiger partial charge in [-0.25, -0.2) is 13.6 Å². The van der Waals surface area contributed by atoms with E-state index in [0.29, 0.717) is 57.3 Å². The Kier molecular flexibility index (Phi) is 16.7. The second kappa shape index (κ2) is 22.0. The number of benzene rings is 1. The molecule has 3 saturated carbocycles. The van der Waals surface area contributed by atoms with Crippen LogP contribution in [0.2, 0.25) is 0 Å². The molecule has 0 bridgehead atoms. The number of hydrogen-bond acceptors (Lipinski definition) is 13. The average molecular weight is 999 g/mol.